The van der Waals surface area contributed by atoms with Gasteiger partial charge in [-0.05, 0) is 5.92 Å². The molecule has 0 unspecified atom stereocenters. The summed E-state index contributed by atoms with van der Waals surface area (Å²) in [6, 6.07) is -0.845. The Balaban J connectivity index is 4.51. The number of carboxylic acids is 1. The topological polar surface area (TPSA) is 57.6 Å². The largest absolute Gasteiger partial charge is 0.480 e. The van der Waals surface area contributed by atoms with Crippen molar-refractivity contribution in [2.75, 3.05) is 7.05 Å². The number of amides is 1. The molecule has 0 rings (SSSR count). The molecule has 0 spiro atoms. The standard InChI is InChI=1S/C7H12BNO3/c1-4(2)5(6(10)11)9(3)7(8)12/h4-5H,1-3H3,(H,10,11)/t5-/m0/s1. The molecule has 0 saturated carbocycles. The van der Waals surface area contributed by atoms with Crippen LogP contribution in [0.1, 0.15) is 13.8 Å². The van der Waals surface area contributed by atoms with Gasteiger partial charge in [-0.25, -0.2) is 4.79 Å². The van der Waals surface area contributed by atoms with E-state index in [1.165, 1.54) is 7.05 Å². The molecule has 0 aromatic heterocycles. The van der Waals surface area contributed by atoms with Crippen molar-refractivity contribution in [3.63, 3.8) is 0 Å². The zero-order valence-electron chi connectivity index (χ0n) is 7.44. The summed E-state index contributed by atoms with van der Waals surface area (Å²) in [5.74, 6) is -1.91. The molecule has 0 saturated heterocycles. The summed E-state index contributed by atoms with van der Waals surface area (Å²) < 4.78 is 0. The third-order valence-electron chi connectivity index (χ3n) is 1.65. The fourth-order valence-electron chi connectivity index (χ4n) is 1.04. The van der Waals surface area contributed by atoms with Gasteiger partial charge in [0.15, 0.2) is 5.81 Å². The van der Waals surface area contributed by atoms with Gasteiger partial charge in [0.1, 0.15) is 6.04 Å². The van der Waals surface area contributed by atoms with Gasteiger partial charge in [-0.3, -0.25) is 4.79 Å². The van der Waals surface area contributed by atoms with Gasteiger partial charge in [-0.1, -0.05) is 13.8 Å². The molecule has 0 aromatic rings. The minimum absolute atomic E-state index is 0.153. The van der Waals surface area contributed by atoms with Crippen LogP contribution in [0.15, 0.2) is 0 Å². The number of aliphatic carboxylic acids is 1. The van der Waals surface area contributed by atoms with Crippen LogP contribution in [0.3, 0.4) is 0 Å². The van der Waals surface area contributed by atoms with Crippen LogP contribution in [0, 0.1) is 5.92 Å². The number of nitrogens with zero attached hydrogens (tertiary/aromatic N) is 1. The van der Waals surface area contributed by atoms with E-state index in [2.05, 4.69) is 0 Å². The van der Waals surface area contributed by atoms with Crippen molar-refractivity contribution >= 4 is 19.6 Å². The Morgan fingerprint density at radius 3 is 1.92 bits per heavy atom. The minimum Gasteiger partial charge on any atom is -0.480 e. The summed E-state index contributed by atoms with van der Waals surface area (Å²) >= 11 is 0. The molecular formula is C7H12BNO3. The van der Waals surface area contributed by atoms with E-state index in [1.54, 1.807) is 13.8 Å². The Labute approximate surface area is 73.0 Å². The number of likely N-dealkylation sites (N-methyl/N-ethyl adjacent to an activating group) is 1. The van der Waals surface area contributed by atoms with Crippen LogP contribution in [0.5, 0.6) is 0 Å². The van der Waals surface area contributed by atoms with Crippen LogP contribution in [0.4, 0.5) is 4.79 Å². The fourth-order valence-corrected chi connectivity index (χ4v) is 1.04. The average Bonchev–Trinajstić information content (AvgIpc) is 1.85. The number of carbonyl (C=O) groups excluding carboxylic acids is 1. The molecule has 4 nitrogen and oxygen atoms in total. The summed E-state index contributed by atoms with van der Waals surface area (Å²) in [6.45, 7) is 3.44. The SMILES string of the molecule is [B]C(=O)N(C)[C@H](C(=O)O)C(C)C. The lowest BCUT2D eigenvalue weighted by Gasteiger charge is -2.26. The van der Waals surface area contributed by atoms with Crippen molar-refractivity contribution in [3.05, 3.63) is 0 Å². The molecule has 2 radical (unpaired) electrons. The zero-order chi connectivity index (χ0) is 9.89. The van der Waals surface area contributed by atoms with E-state index in [9.17, 15) is 9.59 Å². The van der Waals surface area contributed by atoms with Crippen molar-refractivity contribution in [1.82, 2.24) is 4.90 Å². The first-order valence-corrected chi connectivity index (χ1v) is 3.63. The van der Waals surface area contributed by atoms with E-state index in [0.29, 0.717) is 0 Å². The first-order valence-electron chi connectivity index (χ1n) is 3.63. The maximum Gasteiger partial charge on any atom is 0.326 e. The molecule has 66 valence electrons. The highest BCUT2D eigenvalue weighted by Crippen LogP contribution is 2.08. The van der Waals surface area contributed by atoms with Crippen molar-refractivity contribution < 1.29 is 14.7 Å². The second-order valence-electron chi connectivity index (χ2n) is 2.98. The number of carbonyl (C=O) groups is 2. The van der Waals surface area contributed by atoms with Gasteiger partial charge >= 0.3 is 5.97 Å². The zero-order valence-corrected chi connectivity index (χ0v) is 7.44. The van der Waals surface area contributed by atoms with Gasteiger partial charge in [0.2, 0.25) is 7.85 Å². The van der Waals surface area contributed by atoms with E-state index >= 15 is 0 Å². The van der Waals surface area contributed by atoms with Crippen molar-refractivity contribution in [2.24, 2.45) is 5.92 Å². The highest BCUT2D eigenvalue weighted by atomic mass is 16.4. The van der Waals surface area contributed by atoms with Crippen molar-refractivity contribution in [3.8, 4) is 0 Å². The molecule has 1 amide bonds. The predicted octanol–water partition coefficient (Wildman–Crippen LogP) is 0.316. The van der Waals surface area contributed by atoms with E-state index < -0.39 is 17.8 Å². The minimum atomic E-state index is -1.04. The normalized spacial score (nSPS) is 12.7. The van der Waals surface area contributed by atoms with E-state index in [-0.39, 0.29) is 5.92 Å². The van der Waals surface area contributed by atoms with Crippen LogP contribution >= 0.6 is 0 Å². The smallest absolute Gasteiger partial charge is 0.326 e. The molecule has 0 aliphatic heterocycles. The Morgan fingerprint density at radius 2 is 1.83 bits per heavy atom. The monoisotopic (exact) mass is 169 g/mol. The molecule has 0 heterocycles. The maximum absolute atomic E-state index is 10.6. The van der Waals surface area contributed by atoms with Gasteiger partial charge in [-0.15, -0.1) is 0 Å². The molecule has 1 N–H and O–H groups in total. The highest BCUT2D eigenvalue weighted by molar-refractivity contribution is 6.57. The lowest BCUT2D eigenvalue weighted by Crippen LogP contribution is -2.45. The van der Waals surface area contributed by atoms with Gasteiger partial charge in [0.05, 0.1) is 0 Å². The Kier molecular flexibility index (Phi) is 3.79. The number of carboxylic acid groups (broad SMARTS) is 1. The van der Waals surface area contributed by atoms with Crippen molar-refractivity contribution in [2.45, 2.75) is 19.9 Å². The summed E-state index contributed by atoms with van der Waals surface area (Å²) in [5.41, 5.74) is 0. The molecule has 0 aliphatic carbocycles. The summed E-state index contributed by atoms with van der Waals surface area (Å²) in [6.07, 6.45) is 0. The third-order valence-corrected chi connectivity index (χ3v) is 1.65. The fraction of sp³-hybridized carbons (Fsp3) is 0.714. The first-order chi connectivity index (χ1) is 5.37. The summed E-state index contributed by atoms with van der Waals surface area (Å²) in [4.78, 5) is 22.3. The Bertz CT molecular complexity index is 193. The molecule has 0 aliphatic rings. The number of hydrogen-bond donors (Lipinski definition) is 1. The molecule has 12 heavy (non-hydrogen) atoms. The Morgan fingerprint density at radius 1 is 1.42 bits per heavy atom. The molecule has 0 bridgehead atoms. The number of hydrogen-bond acceptors (Lipinski definition) is 2. The Hall–Kier alpha value is -0.995. The van der Waals surface area contributed by atoms with Gasteiger partial charge in [-0.2, -0.15) is 0 Å². The van der Waals surface area contributed by atoms with Crippen LogP contribution in [0.25, 0.3) is 0 Å². The molecule has 0 fully saturated rings. The molecule has 1 atom stereocenters. The molecular weight excluding hydrogens is 157 g/mol. The van der Waals surface area contributed by atoms with Crippen LogP contribution in [-0.4, -0.2) is 42.7 Å². The van der Waals surface area contributed by atoms with E-state index in [4.69, 9.17) is 13.0 Å². The van der Waals surface area contributed by atoms with Crippen molar-refractivity contribution in [1.29, 1.82) is 0 Å². The van der Waals surface area contributed by atoms with Crippen LogP contribution < -0.4 is 0 Å². The molecule has 5 heteroatoms. The predicted molar refractivity (Wildman–Crippen MR) is 45.2 cm³/mol. The highest BCUT2D eigenvalue weighted by Gasteiger charge is 2.26. The van der Waals surface area contributed by atoms with E-state index in [0.717, 1.165) is 4.90 Å². The van der Waals surface area contributed by atoms with E-state index in [1.807, 2.05) is 0 Å². The number of rotatable bonds is 3. The quantitative estimate of drug-likeness (QED) is 0.618. The second kappa shape index (κ2) is 4.14. The second-order valence-corrected chi connectivity index (χ2v) is 2.98. The third kappa shape index (κ3) is 2.56. The van der Waals surface area contributed by atoms with Gasteiger partial charge in [0.25, 0.3) is 0 Å². The average molecular weight is 169 g/mol. The maximum atomic E-state index is 10.6. The van der Waals surface area contributed by atoms with Gasteiger partial charge < -0.3 is 10.0 Å². The lowest BCUT2D eigenvalue weighted by atomic mass is 10.00. The summed E-state index contributed by atoms with van der Waals surface area (Å²) in [7, 11) is 6.31. The van der Waals surface area contributed by atoms with Crippen LogP contribution in [0.2, 0.25) is 0 Å². The lowest BCUT2D eigenvalue weighted by molar-refractivity contribution is -0.143. The first kappa shape index (κ1) is 11.0. The van der Waals surface area contributed by atoms with Crippen LogP contribution in [-0.2, 0) is 4.79 Å². The molecule has 0 aromatic carbocycles. The van der Waals surface area contributed by atoms with Gasteiger partial charge in [0, 0.05) is 7.05 Å². The summed E-state index contributed by atoms with van der Waals surface area (Å²) in [5, 5.41) is 8.71.